The predicted molar refractivity (Wildman–Crippen MR) is 81.1 cm³/mol. The predicted octanol–water partition coefficient (Wildman–Crippen LogP) is 1.91. The van der Waals surface area contributed by atoms with Crippen LogP contribution in [0.2, 0.25) is 0 Å². The number of hydrogen-bond donors (Lipinski definition) is 2. The average Bonchev–Trinajstić information content (AvgIpc) is 2.38. The third kappa shape index (κ3) is 3.95. The van der Waals surface area contributed by atoms with Crippen molar-refractivity contribution in [2.24, 2.45) is 0 Å². The Bertz CT molecular complexity index is 397. The Hall–Kier alpha value is -1.10. The van der Waals surface area contributed by atoms with Crippen molar-refractivity contribution < 1.29 is 15.7 Å². The van der Waals surface area contributed by atoms with Crippen LogP contribution in [0.15, 0.2) is 24.3 Å². The van der Waals surface area contributed by atoms with Gasteiger partial charge in [0.1, 0.15) is 5.75 Å². The van der Waals surface area contributed by atoms with E-state index in [-0.39, 0.29) is 17.1 Å². The summed E-state index contributed by atoms with van der Waals surface area (Å²) in [4.78, 5) is 2.13. The molecule has 1 aliphatic carbocycles. The third-order valence-corrected chi connectivity index (χ3v) is 4.21. The van der Waals surface area contributed by atoms with Crippen molar-refractivity contribution in [1.29, 1.82) is 0 Å². The van der Waals surface area contributed by atoms with E-state index in [1.54, 1.807) is 12.1 Å². The molecule has 0 saturated heterocycles. The maximum atomic E-state index is 11.0. The lowest BCUT2D eigenvalue weighted by atomic mass is 9.72. The standard InChI is InChI=1S/C16H25NO2.H2O/c1-17(2)12-15(13-6-8-14(18)9-7-13)16(19)10-4-3-5-11-16;/h6-9,15,18-19H,3-5,10-12H2,1-2H3;1H2. The zero-order chi connectivity index (χ0) is 13.9. The van der Waals surface area contributed by atoms with Crippen LogP contribution < -0.4 is 0 Å². The van der Waals surface area contributed by atoms with Gasteiger partial charge >= 0.3 is 0 Å². The second kappa shape index (κ2) is 7.07. The van der Waals surface area contributed by atoms with Crippen LogP contribution in [-0.4, -0.2) is 46.8 Å². The summed E-state index contributed by atoms with van der Waals surface area (Å²) in [6.45, 7) is 0.835. The molecule has 20 heavy (non-hydrogen) atoms. The Morgan fingerprint density at radius 3 is 2.15 bits per heavy atom. The number of likely N-dealkylation sites (N-methyl/N-ethyl adjacent to an activating group) is 1. The summed E-state index contributed by atoms with van der Waals surface area (Å²) in [6.07, 6.45) is 5.21. The lowest BCUT2D eigenvalue weighted by Crippen LogP contribution is -2.42. The number of nitrogens with zero attached hydrogens (tertiary/aromatic N) is 1. The molecule has 0 heterocycles. The van der Waals surface area contributed by atoms with Crippen molar-refractivity contribution >= 4 is 0 Å². The Labute approximate surface area is 121 Å². The molecule has 0 radical (unpaired) electrons. The Kier molecular flexibility index (Phi) is 5.99. The van der Waals surface area contributed by atoms with Crippen LogP contribution in [0, 0.1) is 0 Å². The van der Waals surface area contributed by atoms with Crippen molar-refractivity contribution in [3.8, 4) is 5.75 Å². The first-order valence-electron chi connectivity index (χ1n) is 7.17. The fourth-order valence-corrected chi connectivity index (χ4v) is 3.17. The van der Waals surface area contributed by atoms with E-state index in [1.165, 1.54) is 6.42 Å². The van der Waals surface area contributed by atoms with Crippen LogP contribution in [0.5, 0.6) is 5.75 Å². The lowest BCUT2D eigenvalue weighted by Gasteiger charge is -2.40. The summed E-state index contributed by atoms with van der Waals surface area (Å²) in [5.74, 6) is 0.395. The van der Waals surface area contributed by atoms with Gasteiger partial charge in [0.25, 0.3) is 0 Å². The lowest BCUT2D eigenvalue weighted by molar-refractivity contribution is -0.0277. The highest BCUT2D eigenvalue weighted by Gasteiger charge is 2.38. The first-order valence-corrected chi connectivity index (χ1v) is 7.17. The first kappa shape index (κ1) is 17.0. The SMILES string of the molecule is CN(C)CC(c1ccc(O)cc1)C1(O)CCCCC1.O. The molecule has 0 bridgehead atoms. The van der Waals surface area contributed by atoms with Crippen molar-refractivity contribution in [2.75, 3.05) is 20.6 Å². The number of phenols is 1. The molecule has 0 spiro atoms. The molecular weight excluding hydrogens is 254 g/mol. The van der Waals surface area contributed by atoms with E-state index in [9.17, 15) is 10.2 Å². The van der Waals surface area contributed by atoms with E-state index in [4.69, 9.17) is 0 Å². The third-order valence-electron chi connectivity index (χ3n) is 4.21. The fraction of sp³-hybridized carbons (Fsp3) is 0.625. The Morgan fingerprint density at radius 2 is 1.65 bits per heavy atom. The topological polar surface area (TPSA) is 75.2 Å². The normalized spacial score (nSPS) is 19.4. The van der Waals surface area contributed by atoms with E-state index in [0.717, 1.165) is 37.8 Å². The van der Waals surface area contributed by atoms with E-state index in [1.807, 2.05) is 26.2 Å². The largest absolute Gasteiger partial charge is 0.508 e. The average molecular weight is 281 g/mol. The molecule has 1 aromatic carbocycles. The van der Waals surface area contributed by atoms with Crippen LogP contribution in [0.4, 0.5) is 0 Å². The van der Waals surface area contributed by atoms with Gasteiger partial charge in [-0.25, -0.2) is 0 Å². The summed E-state index contributed by atoms with van der Waals surface area (Å²) in [6, 6.07) is 7.31. The van der Waals surface area contributed by atoms with Crippen LogP contribution in [-0.2, 0) is 0 Å². The molecule has 1 aromatic rings. The van der Waals surface area contributed by atoms with Crippen LogP contribution >= 0.6 is 0 Å². The second-order valence-electron chi connectivity index (χ2n) is 6.07. The highest BCUT2D eigenvalue weighted by molar-refractivity contribution is 5.30. The van der Waals surface area contributed by atoms with Gasteiger partial charge in [0.05, 0.1) is 5.60 Å². The number of aromatic hydroxyl groups is 1. The molecule has 114 valence electrons. The minimum atomic E-state index is -0.598. The van der Waals surface area contributed by atoms with Crippen molar-refractivity contribution in [2.45, 2.75) is 43.6 Å². The summed E-state index contributed by atoms with van der Waals surface area (Å²) < 4.78 is 0. The molecule has 0 amide bonds. The molecular formula is C16H27NO3. The van der Waals surface area contributed by atoms with Gasteiger partial charge in [-0.15, -0.1) is 0 Å². The molecule has 1 unspecified atom stereocenters. The smallest absolute Gasteiger partial charge is 0.115 e. The van der Waals surface area contributed by atoms with Gasteiger partial charge in [-0.3, -0.25) is 0 Å². The number of aliphatic hydroxyl groups is 1. The van der Waals surface area contributed by atoms with Crippen LogP contribution in [0.1, 0.15) is 43.6 Å². The van der Waals surface area contributed by atoms with E-state index >= 15 is 0 Å². The number of rotatable bonds is 4. The molecule has 0 aliphatic heterocycles. The summed E-state index contributed by atoms with van der Waals surface area (Å²) in [5.41, 5.74) is 0.523. The van der Waals surface area contributed by atoms with E-state index < -0.39 is 5.60 Å². The molecule has 1 fully saturated rings. The van der Waals surface area contributed by atoms with Gasteiger partial charge in [0.15, 0.2) is 0 Å². The van der Waals surface area contributed by atoms with Gasteiger partial charge in [-0.2, -0.15) is 0 Å². The molecule has 1 atom stereocenters. The van der Waals surface area contributed by atoms with Gasteiger partial charge in [0.2, 0.25) is 0 Å². The number of phenolic OH excluding ortho intramolecular Hbond substituents is 1. The summed E-state index contributed by atoms with van der Waals surface area (Å²) in [5, 5.41) is 20.4. The van der Waals surface area contributed by atoms with E-state index in [0.29, 0.717) is 0 Å². The molecule has 4 nitrogen and oxygen atoms in total. The zero-order valence-corrected chi connectivity index (χ0v) is 12.5. The molecule has 1 saturated carbocycles. The number of hydrogen-bond acceptors (Lipinski definition) is 3. The van der Waals surface area contributed by atoms with Gasteiger partial charge in [-0.1, -0.05) is 31.4 Å². The van der Waals surface area contributed by atoms with Crippen molar-refractivity contribution in [1.82, 2.24) is 4.90 Å². The molecule has 1 aliphatic rings. The Balaban J connectivity index is 0.00000200. The van der Waals surface area contributed by atoms with Crippen LogP contribution in [0.25, 0.3) is 0 Å². The summed E-state index contributed by atoms with van der Waals surface area (Å²) in [7, 11) is 4.08. The van der Waals surface area contributed by atoms with Gasteiger partial charge < -0.3 is 20.6 Å². The van der Waals surface area contributed by atoms with Crippen molar-refractivity contribution in [3.05, 3.63) is 29.8 Å². The fourth-order valence-electron chi connectivity index (χ4n) is 3.17. The molecule has 2 rings (SSSR count). The minimum Gasteiger partial charge on any atom is -0.508 e. The molecule has 4 N–H and O–H groups in total. The van der Waals surface area contributed by atoms with Crippen molar-refractivity contribution in [3.63, 3.8) is 0 Å². The monoisotopic (exact) mass is 281 g/mol. The minimum absolute atomic E-state index is 0. The second-order valence-corrected chi connectivity index (χ2v) is 6.07. The maximum absolute atomic E-state index is 11.0. The van der Waals surface area contributed by atoms with Gasteiger partial charge in [0, 0.05) is 12.5 Å². The number of benzene rings is 1. The Morgan fingerprint density at radius 1 is 1.10 bits per heavy atom. The van der Waals surface area contributed by atoms with Gasteiger partial charge in [-0.05, 0) is 44.6 Å². The van der Waals surface area contributed by atoms with Crippen LogP contribution in [0.3, 0.4) is 0 Å². The zero-order valence-electron chi connectivity index (χ0n) is 12.5. The quantitative estimate of drug-likeness (QED) is 0.885. The maximum Gasteiger partial charge on any atom is 0.115 e. The highest BCUT2D eigenvalue weighted by Crippen LogP contribution is 2.40. The highest BCUT2D eigenvalue weighted by atomic mass is 16.3. The summed E-state index contributed by atoms with van der Waals surface area (Å²) >= 11 is 0. The van der Waals surface area contributed by atoms with E-state index in [2.05, 4.69) is 4.90 Å². The molecule has 0 aromatic heterocycles. The molecule has 4 heteroatoms. The first-order chi connectivity index (χ1) is 9.01.